The Morgan fingerprint density at radius 3 is 2.33 bits per heavy atom. The van der Waals surface area contributed by atoms with Gasteiger partial charge in [-0.25, -0.2) is 0 Å². The fourth-order valence-electron chi connectivity index (χ4n) is 1.57. The third-order valence-electron chi connectivity index (χ3n) is 2.58. The fraction of sp³-hybridized carbons (Fsp3) is 0.667. The van der Waals surface area contributed by atoms with E-state index in [-0.39, 0.29) is 5.92 Å². The third kappa shape index (κ3) is 1.85. The number of carboxylic acid groups (broad SMARTS) is 1. The van der Waals surface area contributed by atoms with Gasteiger partial charge in [0.2, 0.25) is 0 Å². The molecule has 0 amide bonds. The van der Waals surface area contributed by atoms with Crippen LogP contribution in [0.1, 0.15) is 25.7 Å². The van der Waals surface area contributed by atoms with Crippen molar-refractivity contribution in [1.29, 1.82) is 0 Å². The zero-order valence-electron chi connectivity index (χ0n) is 6.99. The summed E-state index contributed by atoms with van der Waals surface area (Å²) in [4.78, 5) is 10.5. The number of rotatable bonds is 2. The molecule has 0 aromatic heterocycles. The lowest BCUT2D eigenvalue weighted by atomic mass is 9.79. The Bertz CT molecular complexity index is 190. The van der Waals surface area contributed by atoms with Gasteiger partial charge in [0.1, 0.15) is 0 Å². The van der Waals surface area contributed by atoms with Crippen LogP contribution in [-0.2, 0) is 4.79 Å². The first kappa shape index (κ1) is 9.26. The molecule has 12 heavy (non-hydrogen) atoms. The maximum Gasteiger partial charge on any atom is 0.306 e. The second-order valence-electron chi connectivity index (χ2n) is 3.42. The monoisotopic (exact) mass is 170 g/mol. The lowest BCUT2D eigenvalue weighted by Crippen LogP contribution is -2.33. The highest BCUT2D eigenvalue weighted by atomic mass is 16.4. The Morgan fingerprint density at radius 1 is 1.50 bits per heavy atom. The molecule has 0 aromatic rings. The van der Waals surface area contributed by atoms with Crippen molar-refractivity contribution >= 4 is 5.97 Å². The highest BCUT2D eigenvalue weighted by Crippen LogP contribution is 2.32. The molecule has 2 N–H and O–H groups in total. The van der Waals surface area contributed by atoms with Crippen LogP contribution in [0.25, 0.3) is 0 Å². The predicted molar refractivity (Wildman–Crippen MR) is 44.7 cm³/mol. The van der Waals surface area contributed by atoms with Crippen LogP contribution in [0.5, 0.6) is 0 Å². The Hall–Kier alpha value is -0.830. The quantitative estimate of drug-likeness (QED) is 0.612. The predicted octanol–water partition coefficient (Wildman–Crippen LogP) is 1.18. The minimum atomic E-state index is -0.814. The Morgan fingerprint density at radius 2 is 2.00 bits per heavy atom. The summed E-state index contributed by atoms with van der Waals surface area (Å²) in [5.74, 6) is -1.02. The van der Waals surface area contributed by atoms with E-state index in [9.17, 15) is 9.90 Å². The molecule has 0 radical (unpaired) electrons. The summed E-state index contributed by atoms with van der Waals surface area (Å²) in [5, 5.41) is 18.3. The summed E-state index contributed by atoms with van der Waals surface area (Å²) in [6.07, 6.45) is 3.67. The van der Waals surface area contributed by atoms with Crippen molar-refractivity contribution in [3.63, 3.8) is 0 Å². The van der Waals surface area contributed by atoms with Gasteiger partial charge in [-0.1, -0.05) is 6.08 Å². The lowest BCUT2D eigenvalue weighted by Gasteiger charge is -2.31. The molecule has 0 unspecified atom stereocenters. The van der Waals surface area contributed by atoms with Crippen LogP contribution < -0.4 is 0 Å². The second-order valence-corrected chi connectivity index (χ2v) is 3.42. The highest BCUT2D eigenvalue weighted by Gasteiger charge is 2.33. The van der Waals surface area contributed by atoms with E-state index in [0.717, 1.165) is 0 Å². The molecule has 0 atom stereocenters. The van der Waals surface area contributed by atoms with Gasteiger partial charge in [-0.05, 0) is 25.7 Å². The summed E-state index contributed by atoms with van der Waals surface area (Å²) in [7, 11) is 0. The molecular weight excluding hydrogens is 156 g/mol. The van der Waals surface area contributed by atoms with E-state index in [1.807, 2.05) is 0 Å². The van der Waals surface area contributed by atoms with E-state index in [1.165, 1.54) is 6.08 Å². The van der Waals surface area contributed by atoms with Gasteiger partial charge >= 0.3 is 5.97 Å². The van der Waals surface area contributed by atoms with Gasteiger partial charge in [-0.3, -0.25) is 4.79 Å². The highest BCUT2D eigenvalue weighted by molar-refractivity contribution is 5.70. The second kappa shape index (κ2) is 3.27. The van der Waals surface area contributed by atoms with E-state index < -0.39 is 11.6 Å². The average molecular weight is 170 g/mol. The molecule has 0 aliphatic heterocycles. The standard InChI is InChI=1S/C9H14O3/c1-2-9(12)5-3-7(4-6-9)8(10)11/h2,7,12H,1,3-6H2,(H,10,11). The molecule has 1 aliphatic rings. The van der Waals surface area contributed by atoms with Gasteiger partial charge < -0.3 is 10.2 Å². The molecular formula is C9H14O3. The molecule has 1 aliphatic carbocycles. The van der Waals surface area contributed by atoms with Crippen LogP contribution in [-0.4, -0.2) is 21.8 Å². The zero-order chi connectivity index (χ0) is 9.19. The number of hydrogen-bond donors (Lipinski definition) is 2. The Balaban J connectivity index is 2.49. The van der Waals surface area contributed by atoms with Crippen molar-refractivity contribution < 1.29 is 15.0 Å². The summed E-state index contributed by atoms with van der Waals surface area (Å²) < 4.78 is 0. The van der Waals surface area contributed by atoms with Crippen LogP contribution in [0.15, 0.2) is 12.7 Å². The zero-order valence-corrected chi connectivity index (χ0v) is 6.99. The minimum Gasteiger partial charge on any atom is -0.481 e. The normalized spacial score (nSPS) is 35.9. The van der Waals surface area contributed by atoms with Gasteiger partial charge in [0.05, 0.1) is 11.5 Å². The van der Waals surface area contributed by atoms with Crippen molar-refractivity contribution in [3.05, 3.63) is 12.7 Å². The molecule has 0 bridgehead atoms. The topological polar surface area (TPSA) is 57.5 Å². The Labute approximate surface area is 71.7 Å². The van der Waals surface area contributed by atoms with Gasteiger partial charge in [0.25, 0.3) is 0 Å². The van der Waals surface area contributed by atoms with E-state index in [4.69, 9.17) is 5.11 Å². The van der Waals surface area contributed by atoms with E-state index >= 15 is 0 Å². The van der Waals surface area contributed by atoms with Crippen molar-refractivity contribution in [3.8, 4) is 0 Å². The maximum absolute atomic E-state index is 10.5. The van der Waals surface area contributed by atoms with Gasteiger partial charge in [0, 0.05) is 0 Å². The fourth-order valence-corrected chi connectivity index (χ4v) is 1.57. The number of hydrogen-bond acceptors (Lipinski definition) is 2. The summed E-state index contributed by atoms with van der Waals surface area (Å²) in [5.41, 5.74) is -0.814. The average Bonchev–Trinajstić information content (AvgIpc) is 2.05. The van der Waals surface area contributed by atoms with Crippen LogP contribution >= 0.6 is 0 Å². The van der Waals surface area contributed by atoms with Crippen molar-refractivity contribution in [2.45, 2.75) is 31.3 Å². The third-order valence-corrected chi connectivity index (χ3v) is 2.58. The van der Waals surface area contributed by atoms with Crippen molar-refractivity contribution in [1.82, 2.24) is 0 Å². The van der Waals surface area contributed by atoms with E-state index in [2.05, 4.69) is 6.58 Å². The molecule has 0 saturated heterocycles. The first-order chi connectivity index (χ1) is 5.57. The van der Waals surface area contributed by atoms with E-state index in [0.29, 0.717) is 25.7 Å². The number of aliphatic hydroxyl groups is 1. The first-order valence-electron chi connectivity index (χ1n) is 4.16. The number of carbonyl (C=O) groups is 1. The van der Waals surface area contributed by atoms with Gasteiger partial charge in [0.15, 0.2) is 0 Å². The number of aliphatic carboxylic acids is 1. The smallest absolute Gasteiger partial charge is 0.306 e. The number of carboxylic acids is 1. The van der Waals surface area contributed by atoms with Crippen molar-refractivity contribution in [2.75, 3.05) is 0 Å². The maximum atomic E-state index is 10.5. The molecule has 0 aromatic carbocycles. The van der Waals surface area contributed by atoms with Crippen LogP contribution in [0.2, 0.25) is 0 Å². The molecule has 68 valence electrons. The summed E-state index contributed by atoms with van der Waals surface area (Å²) in [6, 6.07) is 0. The largest absolute Gasteiger partial charge is 0.481 e. The van der Waals surface area contributed by atoms with Crippen LogP contribution in [0.4, 0.5) is 0 Å². The van der Waals surface area contributed by atoms with Crippen LogP contribution in [0.3, 0.4) is 0 Å². The summed E-state index contributed by atoms with van der Waals surface area (Å²) in [6.45, 7) is 3.53. The molecule has 1 rings (SSSR count). The minimum absolute atomic E-state index is 0.273. The van der Waals surface area contributed by atoms with Gasteiger partial charge in [-0.15, -0.1) is 6.58 Å². The lowest BCUT2D eigenvalue weighted by molar-refractivity contribution is -0.144. The van der Waals surface area contributed by atoms with Crippen molar-refractivity contribution in [2.24, 2.45) is 5.92 Å². The Kier molecular flexibility index (Phi) is 2.52. The molecule has 0 heterocycles. The van der Waals surface area contributed by atoms with Gasteiger partial charge in [-0.2, -0.15) is 0 Å². The first-order valence-corrected chi connectivity index (χ1v) is 4.16. The summed E-state index contributed by atoms with van der Waals surface area (Å²) >= 11 is 0. The molecule has 3 heteroatoms. The molecule has 1 saturated carbocycles. The SMILES string of the molecule is C=CC1(O)CCC(C(=O)O)CC1. The van der Waals surface area contributed by atoms with E-state index in [1.54, 1.807) is 0 Å². The molecule has 0 spiro atoms. The molecule has 3 nitrogen and oxygen atoms in total. The molecule has 1 fully saturated rings. The van der Waals surface area contributed by atoms with Crippen LogP contribution in [0, 0.1) is 5.92 Å².